The lowest BCUT2D eigenvalue weighted by Crippen LogP contribution is -2.36. The minimum Gasteiger partial charge on any atom is -0.439 e. The molecule has 0 spiro atoms. The highest BCUT2D eigenvalue weighted by molar-refractivity contribution is 5.99. The van der Waals surface area contributed by atoms with Crippen LogP contribution in [0.2, 0.25) is 0 Å². The number of hydrogen-bond donors (Lipinski definition) is 1. The van der Waals surface area contributed by atoms with Crippen molar-refractivity contribution >= 4 is 17.2 Å². The molecule has 1 aromatic carbocycles. The first-order chi connectivity index (χ1) is 14.3. The smallest absolute Gasteiger partial charge is 0.248 e. The van der Waals surface area contributed by atoms with E-state index in [9.17, 15) is 0 Å². The summed E-state index contributed by atoms with van der Waals surface area (Å²) in [5.74, 6) is 7.71. The zero-order chi connectivity index (χ0) is 21.6. The van der Waals surface area contributed by atoms with E-state index >= 15 is 0 Å². The number of aryl methyl sites for hydroxylation is 3. The van der Waals surface area contributed by atoms with Crippen molar-refractivity contribution in [1.82, 2.24) is 19.4 Å². The molecule has 0 amide bonds. The molecule has 30 heavy (non-hydrogen) atoms. The van der Waals surface area contributed by atoms with Crippen LogP contribution < -0.4 is 10.9 Å². The van der Waals surface area contributed by atoms with Crippen LogP contribution in [0.3, 0.4) is 0 Å². The Kier molecular flexibility index (Phi) is 4.79. The molecule has 0 saturated carbocycles. The van der Waals surface area contributed by atoms with Crippen LogP contribution in [-0.2, 0) is 0 Å². The first-order valence-corrected chi connectivity index (χ1v) is 9.63. The third-order valence-corrected chi connectivity index (χ3v) is 4.96. The molecule has 154 valence electrons. The summed E-state index contributed by atoms with van der Waals surface area (Å²) in [4.78, 5) is 4.35. The molecule has 0 fully saturated rings. The van der Waals surface area contributed by atoms with E-state index in [4.69, 9.17) is 15.4 Å². The molecule has 0 bridgehead atoms. The number of anilines is 1. The second-order valence-electron chi connectivity index (χ2n) is 7.37. The van der Waals surface area contributed by atoms with Crippen molar-refractivity contribution in [3.05, 3.63) is 66.0 Å². The molecule has 2 N–H and O–H groups in total. The molecule has 0 unspecified atom stereocenters. The Morgan fingerprint density at radius 3 is 2.63 bits per heavy atom. The van der Waals surface area contributed by atoms with E-state index in [0.29, 0.717) is 22.9 Å². The Bertz CT molecular complexity index is 1270. The molecule has 0 aliphatic carbocycles. The molecular formula is C22H25N7O. The van der Waals surface area contributed by atoms with Gasteiger partial charge in [0.1, 0.15) is 23.0 Å². The van der Waals surface area contributed by atoms with Crippen molar-refractivity contribution in [2.75, 3.05) is 5.01 Å². The lowest BCUT2D eigenvalue weighted by atomic mass is 10.0. The second-order valence-corrected chi connectivity index (χ2v) is 7.37. The fraction of sp³-hybridized carbons (Fsp3) is 0.227. The highest BCUT2D eigenvalue weighted by atomic mass is 16.4. The zero-order valence-electron chi connectivity index (χ0n) is 17.8. The van der Waals surface area contributed by atoms with Crippen molar-refractivity contribution in [3.8, 4) is 16.9 Å². The summed E-state index contributed by atoms with van der Waals surface area (Å²) in [6, 6.07) is 8.09. The normalized spacial score (nSPS) is 12.0. The quantitative estimate of drug-likeness (QED) is 0.237. The lowest BCUT2D eigenvalue weighted by molar-refractivity contribution is 0.573. The first kappa shape index (κ1) is 19.7. The van der Waals surface area contributed by atoms with Crippen molar-refractivity contribution in [1.29, 1.82) is 0 Å². The largest absolute Gasteiger partial charge is 0.439 e. The van der Waals surface area contributed by atoms with E-state index in [0.717, 1.165) is 34.0 Å². The first-order valence-electron chi connectivity index (χ1n) is 9.63. The van der Waals surface area contributed by atoms with Gasteiger partial charge in [0.25, 0.3) is 0 Å². The minimum atomic E-state index is 0.578. The average Bonchev–Trinajstić information content (AvgIpc) is 3.37. The van der Waals surface area contributed by atoms with Gasteiger partial charge in [-0.3, -0.25) is 5.01 Å². The number of aliphatic imine (C=N–C) groups is 1. The van der Waals surface area contributed by atoms with Gasteiger partial charge in [-0.15, -0.1) is 0 Å². The molecule has 0 atom stereocenters. The Labute approximate surface area is 174 Å². The van der Waals surface area contributed by atoms with Crippen LogP contribution in [0.15, 0.2) is 58.3 Å². The molecule has 4 rings (SSSR count). The lowest BCUT2D eigenvalue weighted by Gasteiger charge is -2.16. The van der Waals surface area contributed by atoms with Gasteiger partial charge in [0.2, 0.25) is 5.71 Å². The van der Waals surface area contributed by atoms with Crippen molar-refractivity contribution in [2.24, 2.45) is 10.8 Å². The van der Waals surface area contributed by atoms with Crippen LogP contribution in [0.25, 0.3) is 22.7 Å². The molecular weight excluding hydrogens is 378 g/mol. The SMILES string of the molecule is C=C(C)N=C(C)N(N)c1c(C)nn2c(-c3ccc(-n4cccn4)cc3C)c(C)oc12. The number of amidine groups is 1. The molecule has 0 aliphatic rings. The Hall–Kier alpha value is -3.65. The number of hydrogen-bond acceptors (Lipinski definition) is 5. The summed E-state index contributed by atoms with van der Waals surface area (Å²) in [5.41, 5.74) is 6.70. The maximum absolute atomic E-state index is 6.34. The van der Waals surface area contributed by atoms with E-state index in [2.05, 4.69) is 35.7 Å². The predicted octanol–water partition coefficient (Wildman–Crippen LogP) is 4.34. The monoisotopic (exact) mass is 403 g/mol. The molecule has 3 heterocycles. The van der Waals surface area contributed by atoms with E-state index < -0.39 is 0 Å². The maximum Gasteiger partial charge on any atom is 0.248 e. The third kappa shape index (κ3) is 3.21. The fourth-order valence-corrected chi connectivity index (χ4v) is 3.63. The predicted molar refractivity (Wildman–Crippen MR) is 119 cm³/mol. The van der Waals surface area contributed by atoms with Gasteiger partial charge >= 0.3 is 0 Å². The average molecular weight is 403 g/mol. The van der Waals surface area contributed by atoms with E-state index in [1.165, 1.54) is 5.01 Å². The van der Waals surface area contributed by atoms with Crippen LogP contribution >= 0.6 is 0 Å². The highest BCUT2D eigenvalue weighted by Crippen LogP contribution is 2.35. The second kappa shape index (κ2) is 7.31. The summed E-state index contributed by atoms with van der Waals surface area (Å²) in [5, 5.41) is 10.5. The van der Waals surface area contributed by atoms with Gasteiger partial charge in [-0.25, -0.2) is 15.5 Å². The summed E-state index contributed by atoms with van der Waals surface area (Å²) in [7, 11) is 0. The highest BCUT2D eigenvalue weighted by Gasteiger charge is 2.24. The van der Waals surface area contributed by atoms with Gasteiger partial charge < -0.3 is 4.42 Å². The number of hydrazine groups is 1. The number of aromatic nitrogens is 4. The van der Waals surface area contributed by atoms with Crippen molar-refractivity contribution < 1.29 is 4.42 Å². The van der Waals surface area contributed by atoms with Crippen LogP contribution in [0, 0.1) is 20.8 Å². The topological polar surface area (TPSA) is 89.9 Å². The molecule has 4 aromatic rings. The van der Waals surface area contributed by atoms with Crippen molar-refractivity contribution in [3.63, 3.8) is 0 Å². The number of nitrogens with two attached hydrogens (primary N) is 1. The van der Waals surface area contributed by atoms with Gasteiger partial charge in [0.15, 0.2) is 0 Å². The molecule has 0 radical (unpaired) electrons. The Morgan fingerprint density at radius 2 is 2.00 bits per heavy atom. The van der Waals surface area contributed by atoms with E-state index in [1.807, 2.05) is 55.2 Å². The molecule has 0 saturated heterocycles. The molecule has 8 heteroatoms. The number of allylic oxidation sites excluding steroid dienone is 1. The number of rotatable bonds is 4. The van der Waals surface area contributed by atoms with Gasteiger partial charge in [-0.05, 0) is 58.4 Å². The van der Waals surface area contributed by atoms with E-state index in [1.54, 1.807) is 6.20 Å². The summed E-state index contributed by atoms with van der Waals surface area (Å²) >= 11 is 0. The van der Waals surface area contributed by atoms with E-state index in [-0.39, 0.29) is 0 Å². The zero-order valence-corrected chi connectivity index (χ0v) is 17.8. The maximum atomic E-state index is 6.34. The third-order valence-electron chi connectivity index (χ3n) is 4.96. The minimum absolute atomic E-state index is 0.578. The van der Waals surface area contributed by atoms with Gasteiger partial charge in [-0.2, -0.15) is 14.7 Å². The Morgan fingerprint density at radius 1 is 1.23 bits per heavy atom. The van der Waals surface area contributed by atoms with Gasteiger partial charge in [-0.1, -0.05) is 12.6 Å². The molecule has 0 aliphatic heterocycles. The summed E-state index contributed by atoms with van der Waals surface area (Å²) < 4.78 is 9.77. The standard InChI is InChI=1S/C22H25N7O/c1-13(2)25-17(6)28(23)20-15(4)26-29-21(16(5)30-22(20)29)19-9-8-18(12-14(19)3)27-11-7-10-24-27/h7-12H,1,23H2,2-6H3. The molecule has 8 nitrogen and oxygen atoms in total. The van der Waals surface area contributed by atoms with Crippen LogP contribution in [0.4, 0.5) is 5.69 Å². The van der Waals surface area contributed by atoms with Crippen LogP contribution in [0.5, 0.6) is 0 Å². The molecule has 3 aromatic heterocycles. The number of oxazole rings is 1. The summed E-state index contributed by atoms with van der Waals surface area (Å²) in [6.45, 7) is 13.4. The number of fused-ring (bicyclic) bond motifs is 1. The summed E-state index contributed by atoms with van der Waals surface area (Å²) in [6.07, 6.45) is 3.68. The van der Waals surface area contributed by atoms with Crippen LogP contribution in [-0.4, -0.2) is 25.2 Å². The van der Waals surface area contributed by atoms with Crippen molar-refractivity contribution in [2.45, 2.75) is 34.6 Å². The Balaban J connectivity index is 1.84. The van der Waals surface area contributed by atoms with Gasteiger partial charge in [0.05, 0.1) is 11.4 Å². The number of nitrogens with zero attached hydrogens (tertiary/aromatic N) is 6. The fourth-order valence-electron chi connectivity index (χ4n) is 3.63. The van der Waals surface area contributed by atoms with Gasteiger partial charge in [0, 0.05) is 23.7 Å². The number of benzene rings is 1. The van der Waals surface area contributed by atoms with Crippen LogP contribution in [0.1, 0.15) is 30.9 Å².